The van der Waals surface area contributed by atoms with Crippen molar-refractivity contribution in [3.63, 3.8) is 0 Å². The summed E-state index contributed by atoms with van der Waals surface area (Å²) in [5, 5.41) is 54.2. The Morgan fingerprint density at radius 3 is 1.00 bits per heavy atom. The predicted octanol–water partition coefficient (Wildman–Crippen LogP) is 5.60. The molecule has 0 saturated heterocycles. The van der Waals surface area contributed by atoms with Gasteiger partial charge in [0.2, 0.25) is 23.6 Å². The first-order chi connectivity index (χ1) is 29.7. The predicted molar refractivity (Wildman–Crippen MR) is 235 cm³/mol. The Bertz CT molecular complexity index is 1390. The van der Waals surface area contributed by atoms with Crippen molar-refractivity contribution < 1.29 is 73.5 Å². The number of carbonyl (C=O) groups excluding carboxylic acids is 5. The van der Waals surface area contributed by atoms with Crippen molar-refractivity contribution in [3.8, 4) is 0 Å². The van der Waals surface area contributed by atoms with Crippen LogP contribution >= 0.6 is 0 Å². The number of nitrogens with one attached hydrogen (secondary N) is 4. The standard InChI is InChI=1S/C31H53N3O11.C11H19NO4.C2H6/c1-22(29(40)41)32-26(36)20-18-24(31(44)45)34-27(37)21-19-23(30(42)43)33-25(35)16-14-12-10-8-6-4-2-3-5-7-9-11-13-15-17-28(38)39;1-4-10(14)12-8(11(15)16)5-6-9(13)7(2)3;1-2/h22-24H,2-21H2,1H3,(H,32,36)(H,33,35)(H,34,37)(H,38,39)(H,40,41)(H,42,43)(H,44,45);7-8H,4-6H2,1-3H3,(H,12,14)(H,15,16);1-2H3. The third-order valence-corrected chi connectivity index (χ3v) is 9.66. The van der Waals surface area contributed by atoms with Gasteiger partial charge in [0.25, 0.3) is 0 Å². The van der Waals surface area contributed by atoms with Crippen LogP contribution in [0.4, 0.5) is 0 Å². The zero-order chi connectivity index (χ0) is 48.8. The van der Waals surface area contributed by atoms with Gasteiger partial charge < -0.3 is 46.8 Å². The van der Waals surface area contributed by atoms with Crippen molar-refractivity contribution in [1.82, 2.24) is 21.3 Å². The quantitative estimate of drug-likeness (QED) is 0.0346. The van der Waals surface area contributed by atoms with Crippen LogP contribution in [0.1, 0.15) is 189 Å². The lowest BCUT2D eigenvalue weighted by molar-refractivity contribution is -0.144. The molecule has 4 amide bonds. The molecule has 4 atom stereocenters. The molecule has 0 aromatic rings. The van der Waals surface area contributed by atoms with E-state index in [0.29, 0.717) is 6.42 Å². The number of aliphatic carboxylic acids is 5. The Balaban J connectivity index is -0.00000167. The molecule has 0 aliphatic rings. The first-order valence-corrected chi connectivity index (χ1v) is 22.5. The summed E-state index contributed by atoms with van der Waals surface area (Å²) in [6.45, 7) is 10.4. The lowest BCUT2D eigenvalue weighted by Gasteiger charge is -2.17. The molecule has 0 aliphatic carbocycles. The van der Waals surface area contributed by atoms with Gasteiger partial charge >= 0.3 is 29.8 Å². The van der Waals surface area contributed by atoms with Crippen LogP contribution in [-0.2, 0) is 47.9 Å². The summed E-state index contributed by atoms with van der Waals surface area (Å²) in [4.78, 5) is 114. The number of unbranched alkanes of at least 4 members (excludes halogenated alkanes) is 13. The number of carboxylic acid groups (broad SMARTS) is 5. The van der Waals surface area contributed by atoms with E-state index >= 15 is 0 Å². The Kier molecular flexibility index (Phi) is 39.2. The number of ketones is 1. The van der Waals surface area contributed by atoms with E-state index in [2.05, 4.69) is 21.3 Å². The molecule has 9 N–H and O–H groups in total. The molecule has 0 bridgehead atoms. The molecule has 0 saturated carbocycles. The monoisotopic (exact) mass is 903 g/mol. The van der Waals surface area contributed by atoms with Gasteiger partial charge in [-0.05, 0) is 39.0 Å². The number of hydrogen-bond donors (Lipinski definition) is 9. The number of rotatable bonds is 36. The Morgan fingerprint density at radius 2 is 0.683 bits per heavy atom. The van der Waals surface area contributed by atoms with Gasteiger partial charge in [0.05, 0.1) is 0 Å². The highest BCUT2D eigenvalue weighted by Crippen LogP contribution is 2.14. The SMILES string of the molecule is CC.CC(NC(=O)CCC(NC(=O)CCC(NC(=O)CCCCCCCCCCCCCCCCC(=O)O)C(=O)O)C(=O)O)C(=O)O.CCC(=O)NC(CCC(=O)C(C)C)C(=O)O. The van der Waals surface area contributed by atoms with Gasteiger partial charge in [-0.3, -0.25) is 33.6 Å². The zero-order valence-electron chi connectivity index (χ0n) is 38.5. The smallest absolute Gasteiger partial charge is 0.326 e. The van der Waals surface area contributed by atoms with Crippen LogP contribution in [0.3, 0.4) is 0 Å². The van der Waals surface area contributed by atoms with E-state index in [9.17, 15) is 58.2 Å². The second kappa shape index (κ2) is 39.7. The topological polar surface area (TPSA) is 320 Å². The molecule has 0 aromatic carbocycles. The maximum absolute atomic E-state index is 12.3. The minimum Gasteiger partial charge on any atom is -0.481 e. The average molecular weight is 903 g/mol. The Labute approximate surface area is 372 Å². The molecular formula is C44H78N4O15. The van der Waals surface area contributed by atoms with Gasteiger partial charge in [-0.1, -0.05) is 112 Å². The van der Waals surface area contributed by atoms with E-state index in [1.165, 1.54) is 39.0 Å². The number of Topliss-reactive ketones (excluding diaryl/α,β-unsaturated/α-hetero) is 1. The summed E-state index contributed by atoms with van der Waals surface area (Å²) < 4.78 is 0. The van der Waals surface area contributed by atoms with Crippen molar-refractivity contribution >= 4 is 59.3 Å². The average Bonchev–Trinajstić information content (AvgIpc) is 3.22. The first-order valence-electron chi connectivity index (χ1n) is 22.5. The normalized spacial score (nSPS) is 12.4. The lowest BCUT2D eigenvalue weighted by atomic mass is 10.0. The van der Waals surface area contributed by atoms with Crippen molar-refractivity contribution in [1.29, 1.82) is 0 Å². The van der Waals surface area contributed by atoms with Gasteiger partial charge in [-0.15, -0.1) is 0 Å². The van der Waals surface area contributed by atoms with Gasteiger partial charge in [0.15, 0.2) is 0 Å². The van der Waals surface area contributed by atoms with Crippen molar-refractivity contribution in [3.05, 3.63) is 0 Å². The van der Waals surface area contributed by atoms with Gasteiger partial charge in [-0.2, -0.15) is 0 Å². The number of carbonyl (C=O) groups is 10. The fourth-order valence-corrected chi connectivity index (χ4v) is 5.79. The molecule has 19 heteroatoms. The molecule has 4 unspecified atom stereocenters. The van der Waals surface area contributed by atoms with E-state index < -0.39 is 71.7 Å². The summed E-state index contributed by atoms with van der Waals surface area (Å²) in [5.74, 6) is -8.09. The second-order valence-corrected chi connectivity index (χ2v) is 15.4. The molecule has 364 valence electrons. The first kappa shape index (κ1) is 62.2. The van der Waals surface area contributed by atoms with Crippen molar-refractivity contribution in [2.24, 2.45) is 5.92 Å². The summed E-state index contributed by atoms with van der Waals surface area (Å²) in [6, 6.07) is -4.86. The van der Waals surface area contributed by atoms with Crippen LogP contribution in [0.25, 0.3) is 0 Å². The van der Waals surface area contributed by atoms with Gasteiger partial charge in [0.1, 0.15) is 30.0 Å². The fourth-order valence-electron chi connectivity index (χ4n) is 5.79. The summed E-state index contributed by atoms with van der Waals surface area (Å²) in [6.07, 6.45) is 14.3. The van der Waals surface area contributed by atoms with Gasteiger partial charge in [-0.25, -0.2) is 14.4 Å². The van der Waals surface area contributed by atoms with Crippen LogP contribution in [-0.4, -0.2) is 109 Å². The Hall–Kier alpha value is -5.10. The molecule has 0 rings (SSSR count). The maximum Gasteiger partial charge on any atom is 0.326 e. The van der Waals surface area contributed by atoms with E-state index in [4.69, 9.17) is 15.3 Å². The van der Waals surface area contributed by atoms with Gasteiger partial charge in [0, 0.05) is 44.4 Å². The van der Waals surface area contributed by atoms with E-state index in [-0.39, 0.29) is 75.4 Å². The third-order valence-electron chi connectivity index (χ3n) is 9.66. The zero-order valence-corrected chi connectivity index (χ0v) is 38.5. The second-order valence-electron chi connectivity index (χ2n) is 15.4. The van der Waals surface area contributed by atoms with Crippen LogP contribution in [0.5, 0.6) is 0 Å². The summed E-state index contributed by atoms with van der Waals surface area (Å²) in [7, 11) is 0. The van der Waals surface area contributed by atoms with E-state index in [1.807, 2.05) is 13.8 Å². The molecule has 0 aromatic heterocycles. The fraction of sp³-hybridized carbons (Fsp3) is 0.773. The largest absolute Gasteiger partial charge is 0.481 e. The lowest BCUT2D eigenvalue weighted by Crippen LogP contribution is -2.44. The van der Waals surface area contributed by atoms with Crippen molar-refractivity contribution in [2.45, 2.75) is 213 Å². The van der Waals surface area contributed by atoms with E-state index in [1.54, 1.807) is 20.8 Å². The van der Waals surface area contributed by atoms with E-state index in [0.717, 1.165) is 51.4 Å². The minimum atomic E-state index is -1.43. The molecular weight excluding hydrogens is 824 g/mol. The molecule has 0 spiro atoms. The summed E-state index contributed by atoms with van der Waals surface area (Å²) in [5.41, 5.74) is 0. The minimum absolute atomic E-state index is 0.0111. The third kappa shape index (κ3) is 38.3. The highest BCUT2D eigenvalue weighted by Gasteiger charge is 2.25. The van der Waals surface area contributed by atoms with Crippen LogP contribution in [0.2, 0.25) is 0 Å². The van der Waals surface area contributed by atoms with Crippen molar-refractivity contribution in [2.75, 3.05) is 0 Å². The van der Waals surface area contributed by atoms with Crippen LogP contribution in [0.15, 0.2) is 0 Å². The maximum atomic E-state index is 12.3. The highest BCUT2D eigenvalue weighted by atomic mass is 16.4. The molecule has 0 radical (unpaired) electrons. The number of carboxylic acids is 5. The van der Waals surface area contributed by atoms with Crippen LogP contribution in [0, 0.1) is 5.92 Å². The summed E-state index contributed by atoms with van der Waals surface area (Å²) >= 11 is 0. The van der Waals surface area contributed by atoms with Crippen LogP contribution < -0.4 is 21.3 Å². The molecule has 63 heavy (non-hydrogen) atoms. The number of amides is 4. The number of hydrogen-bond acceptors (Lipinski definition) is 10. The Morgan fingerprint density at radius 1 is 0.381 bits per heavy atom. The molecule has 19 nitrogen and oxygen atoms in total. The molecule has 0 fully saturated rings. The molecule has 0 heterocycles. The molecule has 0 aliphatic heterocycles. The highest BCUT2D eigenvalue weighted by molar-refractivity contribution is 5.87.